The zero-order valence-corrected chi connectivity index (χ0v) is 14.3. The van der Waals surface area contributed by atoms with Gasteiger partial charge >= 0.3 is 0 Å². The molecule has 2 aromatic rings. The fourth-order valence-corrected chi connectivity index (χ4v) is 2.32. The molecule has 2 amide bonds. The smallest absolute Gasteiger partial charge is 0.239 e. The minimum absolute atomic E-state index is 0.0448. The molecule has 0 aliphatic rings. The van der Waals surface area contributed by atoms with E-state index < -0.39 is 0 Å². The van der Waals surface area contributed by atoms with E-state index in [2.05, 4.69) is 10.3 Å². The van der Waals surface area contributed by atoms with E-state index >= 15 is 0 Å². The van der Waals surface area contributed by atoms with E-state index in [1.807, 2.05) is 36.4 Å². The second kappa shape index (κ2) is 9.03. The summed E-state index contributed by atoms with van der Waals surface area (Å²) in [6.45, 7) is 2.40. The molecule has 0 saturated heterocycles. The van der Waals surface area contributed by atoms with Gasteiger partial charge in [0.15, 0.2) is 0 Å². The fraction of sp³-hybridized carbons (Fsp3) is 0.278. The van der Waals surface area contributed by atoms with Crippen LogP contribution in [0.2, 0.25) is 5.02 Å². The predicted octanol–water partition coefficient (Wildman–Crippen LogP) is 2.44. The number of hydrogen-bond donors (Lipinski definition) is 1. The van der Waals surface area contributed by atoms with Crippen molar-refractivity contribution in [3.8, 4) is 0 Å². The summed E-state index contributed by atoms with van der Waals surface area (Å²) >= 11 is 5.86. The molecule has 1 aromatic carbocycles. The van der Waals surface area contributed by atoms with Gasteiger partial charge in [0.1, 0.15) is 0 Å². The summed E-state index contributed by atoms with van der Waals surface area (Å²) in [5.74, 6) is -0.314. The molecule has 24 heavy (non-hydrogen) atoms. The van der Waals surface area contributed by atoms with E-state index in [1.54, 1.807) is 12.4 Å². The summed E-state index contributed by atoms with van der Waals surface area (Å²) in [6.07, 6.45) is 4.05. The van der Waals surface area contributed by atoms with Crippen LogP contribution in [0.1, 0.15) is 18.1 Å². The van der Waals surface area contributed by atoms with Crippen molar-refractivity contribution in [3.05, 3.63) is 64.9 Å². The van der Waals surface area contributed by atoms with Crippen LogP contribution in [0.5, 0.6) is 0 Å². The summed E-state index contributed by atoms with van der Waals surface area (Å²) in [7, 11) is 0. The number of pyridine rings is 1. The molecular weight excluding hydrogens is 326 g/mol. The van der Waals surface area contributed by atoms with Crippen LogP contribution in [0.3, 0.4) is 0 Å². The monoisotopic (exact) mass is 345 g/mol. The van der Waals surface area contributed by atoms with E-state index in [0.717, 1.165) is 11.1 Å². The maximum atomic E-state index is 12.0. The Labute approximate surface area is 146 Å². The van der Waals surface area contributed by atoms with Crippen LogP contribution in [0.4, 0.5) is 0 Å². The van der Waals surface area contributed by atoms with Gasteiger partial charge in [0, 0.05) is 37.4 Å². The molecule has 6 heteroatoms. The maximum Gasteiger partial charge on any atom is 0.239 e. The van der Waals surface area contributed by atoms with Crippen LogP contribution in [0.25, 0.3) is 0 Å². The number of hydrogen-bond acceptors (Lipinski definition) is 3. The van der Waals surface area contributed by atoms with Gasteiger partial charge in [-0.3, -0.25) is 14.6 Å². The molecule has 0 saturated carbocycles. The Morgan fingerprint density at radius 1 is 1.17 bits per heavy atom. The lowest BCUT2D eigenvalue weighted by molar-refractivity contribution is -0.134. The highest BCUT2D eigenvalue weighted by Crippen LogP contribution is 2.10. The first kappa shape index (κ1) is 17.9. The van der Waals surface area contributed by atoms with Crippen LogP contribution >= 0.6 is 11.6 Å². The Morgan fingerprint density at radius 2 is 1.92 bits per heavy atom. The van der Waals surface area contributed by atoms with Crippen molar-refractivity contribution in [2.75, 3.05) is 13.1 Å². The first-order chi connectivity index (χ1) is 11.5. The van der Waals surface area contributed by atoms with Crippen molar-refractivity contribution in [3.63, 3.8) is 0 Å². The summed E-state index contributed by atoms with van der Waals surface area (Å²) in [4.78, 5) is 29.3. The van der Waals surface area contributed by atoms with Crippen LogP contribution in [0.15, 0.2) is 48.8 Å². The molecule has 0 atom stereocenters. The minimum Gasteiger partial charge on any atom is -0.350 e. The molecule has 2 rings (SSSR count). The number of benzene rings is 1. The zero-order valence-electron chi connectivity index (χ0n) is 13.5. The molecular formula is C18H20ClN3O2. The number of nitrogens with one attached hydrogen (secondary N) is 1. The Kier molecular flexibility index (Phi) is 6.75. The average molecular weight is 346 g/mol. The number of halogens is 1. The number of aromatic nitrogens is 1. The topological polar surface area (TPSA) is 62.3 Å². The van der Waals surface area contributed by atoms with E-state index in [1.165, 1.54) is 11.8 Å². The molecule has 1 N–H and O–H groups in total. The van der Waals surface area contributed by atoms with Gasteiger partial charge in [0.05, 0.1) is 6.54 Å². The molecule has 126 valence electrons. The van der Waals surface area contributed by atoms with Gasteiger partial charge in [0.25, 0.3) is 0 Å². The minimum atomic E-state index is -0.190. The van der Waals surface area contributed by atoms with Crippen molar-refractivity contribution in [2.24, 2.45) is 0 Å². The third-order valence-electron chi connectivity index (χ3n) is 3.58. The number of amides is 2. The third-order valence-corrected chi connectivity index (χ3v) is 3.83. The summed E-state index contributed by atoms with van der Waals surface area (Å²) in [5, 5.41) is 3.48. The second-order valence-corrected chi connectivity index (χ2v) is 5.89. The van der Waals surface area contributed by atoms with Crippen molar-refractivity contribution in [2.45, 2.75) is 19.9 Å². The summed E-state index contributed by atoms with van der Waals surface area (Å²) < 4.78 is 0. The standard InChI is InChI=1S/C18H20ClN3O2/c1-14(23)22(10-8-15-4-6-17(19)7-5-15)13-18(24)21-12-16-3-2-9-20-11-16/h2-7,9,11H,8,10,12-13H2,1H3,(H,21,24). The van der Waals surface area contributed by atoms with Crippen LogP contribution in [-0.2, 0) is 22.6 Å². The highest BCUT2D eigenvalue weighted by molar-refractivity contribution is 6.30. The average Bonchev–Trinajstić information content (AvgIpc) is 2.59. The van der Waals surface area contributed by atoms with Crippen LogP contribution in [-0.4, -0.2) is 34.8 Å². The highest BCUT2D eigenvalue weighted by atomic mass is 35.5. The first-order valence-electron chi connectivity index (χ1n) is 7.70. The normalized spacial score (nSPS) is 10.2. The van der Waals surface area contributed by atoms with Gasteiger partial charge in [-0.15, -0.1) is 0 Å². The molecule has 0 fully saturated rings. The van der Waals surface area contributed by atoms with Gasteiger partial charge in [-0.1, -0.05) is 29.8 Å². The molecule has 0 aliphatic carbocycles. The van der Waals surface area contributed by atoms with Gasteiger partial charge < -0.3 is 10.2 Å². The Morgan fingerprint density at radius 3 is 2.54 bits per heavy atom. The molecule has 5 nitrogen and oxygen atoms in total. The third kappa shape index (κ3) is 6.01. The Balaban J connectivity index is 1.82. The van der Waals surface area contributed by atoms with Crippen LogP contribution < -0.4 is 5.32 Å². The van der Waals surface area contributed by atoms with Gasteiger partial charge in [-0.05, 0) is 35.7 Å². The molecule has 0 radical (unpaired) electrons. The Bertz CT molecular complexity index is 674. The number of carbonyl (C=O) groups excluding carboxylic acids is 2. The van der Waals surface area contributed by atoms with Gasteiger partial charge in [-0.2, -0.15) is 0 Å². The lowest BCUT2D eigenvalue weighted by Crippen LogP contribution is -2.40. The van der Waals surface area contributed by atoms with Crippen molar-refractivity contribution in [1.29, 1.82) is 0 Å². The fourth-order valence-electron chi connectivity index (χ4n) is 2.20. The second-order valence-electron chi connectivity index (χ2n) is 5.46. The molecule has 0 bridgehead atoms. The number of carbonyl (C=O) groups is 2. The zero-order chi connectivity index (χ0) is 17.4. The van der Waals surface area contributed by atoms with Crippen molar-refractivity contribution in [1.82, 2.24) is 15.2 Å². The summed E-state index contributed by atoms with van der Waals surface area (Å²) in [6, 6.07) is 11.2. The van der Waals surface area contributed by atoms with Gasteiger partial charge in [0.2, 0.25) is 11.8 Å². The molecule has 0 unspecified atom stereocenters. The van der Waals surface area contributed by atoms with E-state index in [9.17, 15) is 9.59 Å². The van der Waals surface area contributed by atoms with E-state index in [4.69, 9.17) is 11.6 Å². The van der Waals surface area contributed by atoms with Crippen molar-refractivity contribution < 1.29 is 9.59 Å². The highest BCUT2D eigenvalue weighted by Gasteiger charge is 2.13. The molecule has 0 aliphatic heterocycles. The Hall–Kier alpha value is -2.40. The van der Waals surface area contributed by atoms with E-state index in [-0.39, 0.29) is 18.4 Å². The molecule has 1 aromatic heterocycles. The maximum absolute atomic E-state index is 12.0. The SMILES string of the molecule is CC(=O)N(CCc1ccc(Cl)cc1)CC(=O)NCc1cccnc1. The van der Waals surface area contributed by atoms with Gasteiger partial charge in [-0.25, -0.2) is 0 Å². The van der Waals surface area contributed by atoms with Crippen LogP contribution in [0, 0.1) is 0 Å². The first-order valence-corrected chi connectivity index (χ1v) is 8.08. The lowest BCUT2D eigenvalue weighted by atomic mass is 10.1. The lowest BCUT2D eigenvalue weighted by Gasteiger charge is -2.20. The largest absolute Gasteiger partial charge is 0.350 e. The number of rotatable bonds is 7. The quantitative estimate of drug-likeness (QED) is 0.838. The molecule has 0 spiro atoms. The summed E-state index contributed by atoms with van der Waals surface area (Å²) in [5.41, 5.74) is 1.99. The van der Waals surface area contributed by atoms with E-state index in [0.29, 0.717) is 24.5 Å². The number of nitrogens with zero attached hydrogens (tertiary/aromatic N) is 2. The molecule has 1 heterocycles. The van der Waals surface area contributed by atoms with Crippen molar-refractivity contribution >= 4 is 23.4 Å². The predicted molar refractivity (Wildman–Crippen MR) is 93.5 cm³/mol.